The second-order valence-electron chi connectivity index (χ2n) is 7.46. The van der Waals surface area contributed by atoms with Gasteiger partial charge in [0.2, 0.25) is 0 Å². The SMILES string of the molecule is C=C(C1CC(CON=O)C1)N1CCC(OCc2ccc(F)cc2C)CC1. The highest BCUT2D eigenvalue weighted by Gasteiger charge is 2.34. The van der Waals surface area contributed by atoms with Crippen LogP contribution in [0.25, 0.3) is 0 Å². The summed E-state index contributed by atoms with van der Waals surface area (Å²) in [6.07, 6.45) is 4.24. The second-order valence-corrected chi connectivity index (χ2v) is 7.46. The van der Waals surface area contributed by atoms with Gasteiger partial charge in [0.25, 0.3) is 0 Å². The minimum atomic E-state index is -0.203. The number of aryl methyl sites for hydroxylation is 1. The molecule has 0 spiro atoms. The zero-order valence-electron chi connectivity index (χ0n) is 15.3. The van der Waals surface area contributed by atoms with E-state index in [9.17, 15) is 9.30 Å². The quantitative estimate of drug-likeness (QED) is 0.509. The number of rotatable bonds is 8. The van der Waals surface area contributed by atoms with E-state index in [0.29, 0.717) is 25.0 Å². The number of hydrogen-bond donors (Lipinski definition) is 0. The molecule has 0 unspecified atom stereocenters. The molecule has 2 aliphatic rings. The van der Waals surface area contributed by atoms with Crippen LogP contribution >= 0.6 is 0 Å². The first-order valence-electron chi connectivity index (χ1n) is 9.31. The molecule has 1 aromatic carbocycles. The molecule has 0 radical (unpaired) electrons. The lowest BCUT2D eigenvalue weighted by atomic mass is 9.73. The molecule has 0 atom stereocenters. The first-order chi connectivity index (χ1) is 12.6. The molecule has 1 heterocycles. The largest absolute Gasteiger partial charge is 0.375 e. The van der Waals surface area contributed by atoms with Gasteiger partial charge in [-0.2, -0.15) is 0 Å². The Bertz CT molecular complexity index is 638. The maximum atomic E-state index is 13.2. The number of benzene rings is 1. The maximum Gasteiger partial charge on any atom is 0.155 e. The first kappa shape index (κ1) is 18.8. The van der Waals surface area contributed by atoms with Crippen LogP contribution in [0.4, 0.5) is 4.39 Å². The maximum absolute atomic E-state index is 13.2. The summed E-state index contributed by atoms with van der Waals surface area (Å²) in [7, 11) is 0. The van der Waals surface area contributed by atoms with Crippen molar-refractivity contribution >= 4 is 0 Å². The molecular weight excluding hydrogens is 335 g/mol. The first-order valence-corrected chi connectivity index (χ1v) is 9.31. The Hall–Kier alpha value is -1.95. The lowest BCUT2D eigenvalue weighted by Gasteiger charge is -2.43. The Morgan fingerprint density at radius 2 is 2.08 bits per heavy atom. The predicted molar refractivity (Wildman–Crippen MR) is 97.6 cm³/mol. The lowest BCUT2D eigenvalue weighted by Crippen LogP contribution is -2.41. The fourth-order valence-electron chi connectivity index (χ4n) is 3.88. The summed E-state index contributed by atoms with van der Waals surface area (Å²) in [5, 5.41) is 2.46. The van der Waals surface area contributed by atoms with E-state index < -0.39 is 0 Å². The average molecular weight is 362 g/mol. The van der Waals surface area contributed by atoms with Crippen LogP contribution in [0.1, 0.15) is 36.8 Å². The van der Waals surface area contributed by atoms with Crippen LogP contribution < -0.4 is 0 Å². The van der Waals surface area contributed by atoms with E-state index in [1.807, 2.05) is 6.92 Å². The molecule has 5 nitrogen and oxygen atoms in total. The summed E-state index contributed by atoms with van der Waals surface area (Å²) in [5.74, 6) is 0.717. The molecule has 142 valence electrons. The average Bonchev–Trinajstić information content (AvgIpc) is 2.60. The molecular formula is C20H27FN2O3. The van der Waals surface area contributed by atoms with Crippen LogP contribution in [0.5, 0.6) is 0 Å². The van der Waals surface area contributed by atoms with Crippen molar-refractivity contribution < 1.29 is 14.0 Å². The second kappa shape index (κ2) is 8.62. The zero-order valence-corrected chi connectivity index (χ0v) is 15.3. The van der Waals surface area contributed by atoms with Gasteiger partial charge in [-0.05, 0) is 67.7 Å². The molecule has 1 aromatic rings. The molecule has 1 saturated heterocycles. The fraction of sp³-hybridized carbons (Fsp3) is 0.600. The third kappa shape index (κ3) is 4.61. The topological polar surface area (TPSA) is 51.1 Å². The smallest absolute Gasteiger partial charge is 0.155 e. The van der Waals surface area contributed by atoms with Gasteiger partial charge in [0.05, 0.1) is 12.7 Å². The van der Waals surface area contributed by atoms with E-state index in [4.69, 9.17) is 4.74 Å². The molecule has 0 N–H and O–H groups in total. The van der Waals surface area contributed by atoms with Crippen molar-refractivity contribution in [3.63, 3.8) is 0 Å². The van der Waals surface area contributed by atoms with Gasteiger partial charge < -0.3 is 14.5 Å². The van der Waals surface area contributed by atoms with Crippen LogP contribution in [-0.4, -0.2) is 30.7 Å². The van der Waals surface area contributed by atoms with Crippen molar-refractivity contribution in [1.29, 1.82) is 0 Å². The molecule has 26 heavy (non-hydrogen) atoms. The van der Waals surface area contributed by atoms with E-state index in [1.54, 1.807) is 12.1 Å². The van der Waals surface area contributed by atoms with Crippen molar-refractivity contribution in [2.75, 3.05) is 19.7 Å². The van der Waals surface area contributed by atoms with Crippen LogP contribution in [0.15, 0.2) is 35.8 Å². The van der Waals surface area contributed by atoms with E-state index in [1.165, 1.54) is 11.8 Å². The van der Waals surface area contributed by atoms with Gasteiger partial charge in [0, 0.05) is 18.8 Å². The van der Waals surface area contributed by atoms with Gasteiger partial charge in [-0.15, -0.1) is 4.91 Å². The van der Waals surface area contributed by atoms with E-state index in [0.717, 1.165) is 49.9 Å². The Morgan fingerprint density at radius 1 is 1.35 bits per heavy atom. The zero-order chi connectivity index (χ0) is 18.5. The number of allylic oxidation sites excluding steroid dienone is 1. The van der Waals surface area contributed by atoms with Gasteiger partial charge >= 0.3 is 0 Å². The minimum absolute atomic E-state index is 0.203. The summed E-state index contributed by atoms with van der Waals surface area (Å²) < 4.78 is 19.2. The number of nitrogens with zero attached hydrogens (tertiary/aromatic N) is 2. The molecule has 0 aromatic heterocycles. The third-order valence-corrected chi connectivity index (χ3v) is 5.70. The number of ether oxygens (including phenoxy) is 1. The fourth-order valence-corrected chi connectivity index (χ4v) is 3.88. The standard InChI is InChI=1S/C20H27FN2O3/c1-14-9-19(21)4-3-17(14)13-25-20-5-7-23(8-6-20)15(2)18-10-16(11-18)12-26-22-24/h3-4,9,16,18,20H,2,5-8,10-13H2,1H3. The van der Waals surface area contributed by atoms with Crippen LogP contribution in [0.3, 0.4) is 0 Å². The van der Waals surface area contributed by atoms with E-state index in [2.05, 4.69) is 21.7 Å². The van der Waals surface area contributed by atoms with Gasteiger partial charge in [-0.1, -0.05) is 12.6 Å². The minimum Gasteiger partial charge on any atom is -0.375 e. The highest BCUT2D eigenvalue weighted by Crippen LogP contribution is 2.40. The number of likely N-dealkylation sites (tertiary alicyclic amines) is 1. The molecule has 0 bridgehead atoms. The summed E-state index contributed by atoms with van der Waals surface area (Å²) >= 11 is 0. The molecule has 2 fully saturated rings. The normalized spacial score (nSPS) is 23.4. The monoisotopic (exact) mass is 362 g/mol. The molecule has 0 amide bonds. The summed E-state index contributed by atoms with van der Waals surface area (Å²) in [6.45, 7) is 9.06. The van der Waals surface area contributed by atoms with E-state index in [-0.39, 0.29) is 11.9 Å². The molecule has 3 rings (SSSR count). The Morgan fingerprint density at radius 3 is 2.73 bits per heavy atom. The Labute approximate surface area is 154 Å². The Balaban J connectivity index is 1.38. The van der Waals surface area contributed by atoms with Crippen molar-refractivity contribution in [3.05, 3.63) is 52.3 Å². The van der Waals surface area contributed by atoms with Gasteiger partial charge in [0.1, 0.15) is 12.4 Å². The van der Waals surface area contributed by atoms with Gasteiger partial charge in [0.15, 0.2) is 5.34 Å². The summed E-state index contributed by atoms with van der Waals surface area (Å²) in [6, 6.07) is 4.84. The predicted octanol–water partition coefficient (Wildman–Crippen LogP) is 4.35. The van der Waals surface area contributed by atoms with Crippen molar-refractivity contribution in [2.24, 2.45) is 17.2 Å². The van der Waals surface area contributed by atoms with Crippen LogP contribution in [0, 0.1) is 29.5 Å². The highest BCUT2D eigenvalue weighted by molar-refractivity contribution is 5.25. The summed E-state index contributed by atoms with van der Waals surface area (Å²) in [5.41, 5.74) is 3.18. The van der Waals surface area contributed by atoms with Crippen LogP contribution in [0.2, 0.25) is 0 Å². The van der Waals surface area contributed by atoms with Crippen molar-refractivity contribution in [3.8, 4) is 0 Å². The van der Waals surface area contributed by atoms with Crippen molar-refractivity contribution in [1.82, 2.24) is 4.90 Å². The van der Waals surface area contributed by atoms with Crippen molar-refractivity contribution in [2.45, 2.75) is 45.3 Å². The molecule has 1 saturated carbocycles. The number of halogens is 1. The van der Waals surface area contributed by atoms with E-state index >= 15 is 0 Å². The third-order valence-electron chi connectivity index (χ3n) is 5.70. The van der Waals surface area contributed by atoms with Crippen LogP contribution in [-0.2, 0) is 16.2 Å². The molecule has 6 heteroatoms. The molecule has 1 aliphatic carbocycles. The van der Waals surface area contributed by atoms with Gasteiger partial charge in [-0.3, -0.25) is 0 Å². The highest BCUT2D eigenvalue weighted by atomic mass is 19.1. The Kier molecular flexibility index (Phi) is 6.25. The summed E-state index contributed by atoms with van der Waals surface area (Å²) in [4.78, 5) is 16.9. The number of piperidine rings is 1. The lowest BCUT2D eigenvalue weighted by molar-refractivity contribution is -0.00333. The number of hydrogen-bond acceptors (Lipinski definition) is 5. The molecule has 1 aliphatic heterocycles. The van der Waals surface area contributed by atoms with Gasteiger partial charge in [-0.25, -0.2) is 4.39 Å².